The van der Waals surface area contributed by atoms with Crippen molar-refractivity contribution in [3.8, 4) is 0 Å². The lowest BCUT2D eigenvalue weighted by molar-refractivity contribution is -0.130. The summed E-state index contributed by atoms with van der Waals surface area (Å²) < 4.78 is 5.21. The molecule has 0 aliphatic carbocycles. The highest BCUT2D eigenvalue weighted by molar-refractivity contribution is 14.0. The second-order valence-corrected chi connectivity index (χ2v) is 7.49. The van der Waals surface area contributed by atoms with Gasteiger partial charge < -0.3 is 20.5 Å². The maximum atomic E-state index is 9.44. The normalized spacial score (nSPS) is 18.9. The van der Waals surface area contributed by atoms with Crippen molar-refractivity contribution >= 4 is 29.9 Å². The number of aliphatic hydroxyl groups is 1. The van der Waals surface area contributed by atoms with E-state index in [1.165, 1.54) is 6.42 Å². The van der Waals surface area contributed by atoms with Crippen molar-refractivity contribution in [3.05, 3.63) is 0 Å². The molecule has 3 N–H and O–H groups in total. The lowest BCUT2D eigenvalue weighted by Crippen LogP contribution is -2.49. The Balaban J connectivity index is 0.00000441. The molecule has 1 aliphatic rings. The van der Waals surface area contributed by atoms with Crippen LogP contribution in [0.15, 0.2) is 4.99 Å². The number of rotatable bonds is 7. The first-order chi connectivity index (χ1) is 9.80. The minimum atomic E-state index is -0.170. The average molecular weight is 427 g/mol. The molecule has 0 saturated carbocycles. The molecule has 22 heavy (non-hydrogen) atoms. The standard InChI is InChI=1S/C16H33N3O2.HI/c1-6-17-14(18-9-16(10-20)11-21-12-16)19-13(2)7-8-15(3,4)5;/h13,20H,6-12H2,1-5H3,(H2,17,18,19);1H. The summed E-state index contributed by atoms with van der Waals surface area (Å²) in [7, 11) is 0. The molecule has 5 nitrogen and oxygen atoms in total. The predicted molar refractivity (Wildman–Crippen MR) is 103 cm³/mol. The van der Waals surface area contributed by atoms with Crippen molar-refractivity contribution in [1.82, 2.24) is 10.6 Å². The van der Waals surface area contributed by atoms with Gasteiger partial charge in [0.25, 0.3) is 0 Å². The molecule has 1 unspecified atom stereocenters. The van der Waals surface area contributed by atoms with Gasteiger partial charge in [0.15, 0.2) is 5.96 Å². The Morgan fingerprint density at radius 1 is 1.36 bits per heavy atom. The number of hydrogen-bond acceptors (Lipinski definition) is 3. The highest BCUT2D eigenvalue weighted by atomic mass is 127. The van der Waals surface area contributed by atoms with E-state index in [2.05, 4.69) is 50.2 Å². The van der Waals surface area contributed by atoms with Crippen molar-refractivity contribution in [2.24, 2.45) is 15.8 Å². The fourth-order valence-corrected chi connectivity index (χ4v) is 2.15. The lowest BCUT2D eigenvalue weighted by atomic mass is 9.87. The zero-order chi connectivity index (χ0) is 15.9. The maximum Gasteiger partial charge on any atom is 0.191 e. The first-order valence-electron chi connectivity index (χ1n) is 8.04. The molecule has 0 aromatic rings. The van der Waals surface area contributed by atoms with Crippen LogP contribution in [0.4, 0.5) is 0 Å². The molecular formula is C16H34IN3O2. The van der Waals surface area contributed by atoms with Crippen molar-refractivity contribution in [2.75, 3.05) is 32.9 Å². The molecule has 1 atom stereocenters. The van der Waals surface area contributed by atoms with Crippen LogP contribution in [0, 0.1) is 10.8 Å². The summed E-state index contributed by atoms with van der Waals surface area (Å²) >= 11 is 0. The number of ether oxygens (including phenoxy) is 1. The van der Waals surface area contributed by atoms with Crippen LogP contribution in [0.2, 0.25) is 0 Å². The van der Waals surface area contributed by atoms with Gasteiger partial charge in [-0.15, -0.1) is 24.0 Å². The fourth-order valence-electron chi connectivity index (χ4n) is 2.15. The highest BCUT2D eigenvalue weighted by Gasteiger charge is 2.38. The van der Waals surface area contributed by atoms with Crippen LogP contribution in [0.1, 0.15) is 47.5 Å². The number of hydrogen-bond donors (Lipinski definition) is 3. The van der Waals surface area contributed by atoms with E-state index in [0.717, 1.165) is 18.9 Å². The summed E-state index contributed by atoms with van der Waals surface area (Å²) in [4.78, 5) is 4.62. The van der Waals surface area contributed by atoms with Crippen molar-refractivity contribution in [3.63, 3.8) is 0 Å². The van der Waals surface area contributed by atoms with E-state index in [1.54, 1.807) is 0 Å². The van der Waals surface area contributed by atoms with Crippen molar-refractivity contribution in [2.45, 2.75) is 53.5 Å². The van der Waals surface area contributed by atoms with Gasteiger partial charge in [0.2, 0.25) is 0 Å². The summed E-state index contributed by atoms with van der Waals surface area (Å²) in [6, 6.07) is 0.379. The van der Waals surface area contributed by atoms with Gasteiger partial charge in [0.05, 0.1) is 31.8 Å². The van der Waals surface area contributed by atoms with E-state index in [-0.39, 0.29) is 36.0 Å². The molecule has 1 aliphatic heterocycles. The first kappa shape index (κ1) is 21.9. The third kappa shape index (κ3) is 7.97. The Bertz CT molecular complexity index is 333. The number of guanidine groups is 1. The molecule has 0 radical (unpaired) electrons. The van der Waals surface area contributed by atoms with Crippen LogP contribution in [0.5, 0.6) is 0 Å². The molecule has 1 fully saturated rings. The van der Waals surface area contributed by atoms with E-state index in [1.807, 2.05) is 0 Å². The largest absolute Gasteiger partial charge is 0.396 e. The Morgan fingerprint density at radius 2 is 2.00 bits per heavy atom. The average Bonchev–Trinajstić information content (AvgIpc) is 2.35. The van der Waals surface area contributed by atoms with Crippen LogP contribution in [0.25, 0.3) is 0 Å². The van der Waals surface area contributed by atoms with Gasteiger partial charge in [-0.3, -0.25) is 4.99 Å². The number of nitrogens with one attached hydrogen (secondary N) is 2. The minimum absolute atomic E-state index is 0. The monoisotopic (exact) mass is 427 g/mol. The van der Waals surface area contributed by atoms with Gasteiger partial charge in [-0.05, 0) is 32.1 Å². The zero-order valence-corrected chi connectivity index (χ0v) is 17.1. The van der Waals surface area contributed by atoms with Gasteiger partial charge in [0, 0.05) is 12.6 Å². The van der Waals surface area contributed by atoms with Crippen LogP contribution in [0.3, 0.4) is 0 Å². The van der Waals surface area contributed by atoms with Crippen LogP contribution >= 0.6 is 24.0 Å². The fraction of sp³-hybridized carbons (Fsp3) is 0.938. The summed E-state index contributed by atoms with van der Waals surface area (Å²) in [5.74, 6) is 0.832. The number of aliphatic hydroxyl groups excluding tert-OH is 1. The maximum absolute atomic E-state index is 9.44. The van der Waals surface area contributed by atoms with Crippen molar-refractivity contribution in [1.29, 1.82) is 0 Å². The Hall–Kier alpha value is -0.0800. The molecule has 1 rings (SSSR count). The predicted octanol–water partition coefficient (Wildman–Crippen LogP) is 2.38. The van der Waals surface area contributed by atoms with Gasteiger partial charge in [-0.25, -0.2) is 0 Å². The summed E-state index contributed by atoms with van der Waals surface area (Å²) in [6.45, 7) is 13.8. The molecule has 6 heteroatoms. The number of nitrogens with zero attached hydrogens (tertiary/aromatic N) is 1. The van der Waals surface area contributed by atoms with E-state index >= 15 is 0 Å². The number of aliphatic imine (C=N–C) groups is 1. The van der Waals surface area contributed by atoms with E-state index in [9.17, 15) is 5.11 Å². The van der Waals surface area contributed by atoms with Crippen LogP contribution in [-0.4, -0.2) is 50.0 Å². The molecule has 0 spiro atoms. The molecule has 0 bridgehead atoms. The molecule has 1 heterocycles. The topological polar surface area (TPSA) is 65.9 Å². The Kier molecular flexibility index (Phi) is 9.89. The van der Waals surface area contributed by atoms with E-state index in [0.29, 0.717) is 31.2 Å². The van der Waals surface area contributed by atoms with E-state index in [4.69, 9.17) is 4.74 Å². The van der Waals surface area contributed by atoms with Crippen LogP contribution in [-0.2, 0) is 4.74 Å². The van der Waals surface area contributed by atoms with E-state index < -0.39 is 0 Å². The van der Waals surface area contributed by atoms with Crippen molar-refractivity contribution < 1.29 is 9.84 Å². The third-order valence-electron chi connectivity index (χ3n) is 3.78. The smallest absolute Gasteiger partial charge is 0.191 e. The molecule has 0 aromatic heterocycles. The number of halogens is 1. The quantitative estimate of drug-likeness (QED) is 0.332. The molecular weight excluding hydrogens is 393 g/mol. The van der Waals surface area contributed by atoms with Crippen LogP contribution < -0.4 is 10.6 Å². The second-order valence-electron chi connectivity index (χ2n) is 7.49. The lowest BCUT2D eigenvalue weighted by Gasteiger charge is -2.38. The first-order valence-corrected chi connectivity index (χ1v) is 8.04. The SMILES string of the molecule is CCNC(=NCC1(CO)COC1)NC(C)CCC(C)(C)C.I. The van der Waals surface area contributed by atoms with Gasteiger partial charge in [-0.1, -0.05) is 20.8 Å². The Labute approximate surface area is 152 Å². The minimum Gasteiger partial charge on any atom is -0.396 e. The second kappa shape index (κ2) is 9.93. The van der Waals surface area contributed by atoms with Gasteiger partial charge in [-0.2, -0.15) is 0 Å². The molecule has 1 saturated heterocycles. The molecule has 132 valence electrons. The molecule has 0 aromatic carbocycles. The molecule has 0 amide bonds. The summed E-state index contributed by atoms with van der Waals surface area (Å²) in [5, 5.41) is 16.2. The summed E-state index contributed by atoms with van der Waals surface area (Å²) in [6.07, 6.45) is 2.29. The highest BCUT2D eigenvalue weighted by Crippen LogP contribution is 2.27. The third-order valence-corrected chi connectivity index (χ3v) is 3.78. The Morgan fingerprint density at radius 3 is 2.41 bits per heavy atom. The summed E-state index contributed by atoms with van der Waals surface area (Å²) in [5.41, 5.74) is 0.187. The zero-order valence-electron chi connectivity index (χ0n) is 14.7. The van der Waals surface area contributed by atoms with Gasteiger partial charge >= 0.3 is 0 Å². The van der Waals surface area contributed by atoms with Gasteiger partial charge in [0.1, 0.15) is 0 Å².